The van der Waals surface area contributed by atoms with Crippen molar-refractivity contribution < 1.29 is 0 Å². The van der Waals surface area contributed by atoms with Crippen LogP contribution in [0.25, 0.3) is 0 Å². The van der Waals surface area contributed by atoms with Crippen LogP contribution in [0.5, 0.6) is 0 Å². The molecular weight excluding hydrogens is 327 g/mol. The van der Waals surface area contributed by atoms with Gasteiger partial charge in [0.25, 0.3) is 0 Å². The fraction of sp³-hybridized carbons (Fsp3) is 0.100. The molecule has 88 valence electrons. The largest absolute Gasteiger partial charge is 0.337 e. The van der Waals surface area contributed by atoms with Gasteiger partial charge >= 0.3 is 0 Å². The van der Waals surface area contributed by atoms with Crippen LogP contribution in [-0.2, 0) is 0 Å². The molecule has 0 unspecified atom stereocenters. The number of benzene rings is 1. The number of rotatable bonds is 2. The van der Waals surface area contributed by atoms with Gasteiger partial charge in [-0.2, -0.15) is 4.98 Å². The maximum atomic E-state index is 5.87. The number of halogens is 3. The third-order valence-electron chi connectivity index (χ3n) is 2.14. The van der Waals surface area contributed by atoms with E-state index in [0.717, 1.165) is 15.7 Å². The summed E-state index contributed by atoms with van der Waals surface area (Å²) >= 11 is 15.0. The molecule has 0 aliphatic heterocycles. The highest BCUT2D eigenvalue weighted by molar-refractivity contribution is 9.10. The second-order valence-electron chi connectivity index (χ2n) is 3.26. The Kier molecular flexibility index (Phi) is 3.81. The number of aromatic nitrogens is 3. The van der Waals surface area contributed by atoms with Crippen LogP contribution in [0.4, 0.5) is 11.5 Å². The van der Waals surface area contributed by atoms with Crippen LogP contribution in [0.3, 0.4) is 0 Å². The molecule has 0 bridgehead atoms. The summed E-state index contributed by atoms with van der Waals surface area (Å²) < 4.78 is 0.992. The number of hydrogen-bond donors (Lipinski definition) is 1. The van der Waals surface area contributed by atoms with E-state index in [2.05, 4.69) is 36.4 Å². The summed E-state index contributed by atoms with van der Waals surface area (Å²) in [6.07, 6.45) is 0. The van der Waals surface area contributed by atoms with Crippen LogP contribution in [0, 0.1) is 6.92 Å². The molecule has 0 spiro atoms. The Labute approximate surface area is 117 Å². The average molecular weight is 334 g/mol. The molecule has 1 heterocycles. The lowest BCUT2D eigenvalue weighted by Crippen LogP contribution is -2.00. The Morgan fingerprint density at radius 1 is 1.24 bits per heavy atom. The summed E-state index contributed by atoms with van der Waals surface area (Å²) in [5, 5.41) is 10.5. The number of hydrogen-bond acceptors (Lipinski definition) is 4. The summed E-state index contributed by atoms with van der Waals surface area (Å²) in [7, 11) is 0. The molecule has 1 aromatic carbocycles. The predicted octanol–water partition coefficient (Wildman–Crippen LogP) is 3.99. The van der Waals surface area contributed by atoms with Crippen molar-refractivity contribution in [2.45, 2.75) is 6.92 Å². The summed E-state index contributed by atoms with van der Waals surface area (Å²) in [4.78, 5) is 3.97. The standard InChI is InChI=1S/C10H7BrCl2N4/c1-5-6(11)3-2-4-7(5)14-9-8(12)16-17-10(13)15-9/h2-4H,1H3,(H,14,15,17). The summed E-state index contributed by atoms with van der Waals surface area (Å²) in [5.41, 5.74) is 1.91. The molecule has 0 fully saturated rings. The average Bonchev–Trinajstić information content (AvgIpc) is 2.30. The van der Waals surface area contributed by atoms with Gasteiger partial charge in [-0.3, -0.25) is 0 Å². The zero-order valence-electron chi connectivity index (χ0n) is 8.71. The molecule has 0 aliphatic carbocycles. The van der Waals surface area contributed by atoms with Gasteiger partial charge in [0.2, 0.25) is 5.28 Å². The Morgan fingerprint density at radius 2 is 2.00 bits per heavy atom. The van der Waals surface area contributed by atoms with Crippen LogP contribution in [0.15, 0.2) is 22.7 Å². The Hall–Kier alpha value is -0.910. The summed E-state index contributed by atoms with van der Waals surface area (Å²) in [6, 6.07) is 5.77. The van der Waals surface area contributed by atoms with Gasteiger partial charge in [-0.1, -0.05) is 33.6 Å². The molecule has 2 aromatic rings. The van der Waals surface area contributed by atoms with Crippen molar-refractivity contribution in [1.82, 2.24) is 15.2 Å². The topological polar surface area (TPSA) is 50.7 Å². The molecule has 0 amide bonds. The van der Waals surface area contributed by atoms with Gasteiger partial charge in [0.1, 0.15) is 0 Å². The van der Waals surface area contributed by atoms with E-state index in [0.29, 0.717) is 5.82 Å². The Balaban J connectivity index is 2.38. The van der Waals surface area contributed by atoms with Gasteiger partial charge in [0, 0.05) is 10.2 Å². The van der Waals surface area contributed by atoms with Crippen molar-refractivity contribution in [1.29, 1.82) is 0 Å². The lowest BCUT2D eigenvalue weighted by Gasteiger charge is -2.10. The second-order valence-corrected chi connectivity index (χ2v) is 4.81. The highest BCUT2D eigenvalue weighted by Crippen LogP contribution is 2.28. The highest BCUT2D eigenvalue weighted by Gasteiger charge is 2.08. The van der Waals surface area contributed by atoms with Crippen molar-refractivity contribution in [3.05, 3.63) is 38.7 Å². The van der Waals surface area contributed by atoms with Crippen LogP contribution < -0.4 is 5.32 Å². The molecule has 17 heavy (non-hydrogen) atoms. The van der Waals surface area contributed by atoms with E-state index in [1.54, 1.807) is 0 Å². The second kappa shape index (κ2) is 5.16. The van der Waals surface area contributed by atoms with E-state index >= 15 is 0 Å². The van der Waals surface area contributed by atoms with Crippen molar-refractivity contribution >= 4 is 50.6 Å². The molecule has 0 aliphatic rings. The Bertz CT molecular complexity index is 562. The third-order valence-corrected chi connectivity index (χ3v) is 3.41. The normalized spacial score (nSPS) is 10.4. The van der Waals surface area contributed by atoms with Crippen molar-refractivity contribution in [3.63, 3.8) is 0 Å². The molecule has 4 nitrogen and oxygen atoms in total. The molecule has 1 aromatic heterocycles. The van der Waals surface area contributed by atoms with Crippen LogP contribution in [0.2, 0.25) is 10.4 Å². The number of nitrogens with zero attached hydrogens (tertiary/aromatic N) is 3. The number of nitrogens with one attached hydrogen (secondary N) is 1. The van der Waals surface area contributed by atoms with E-state index in [9.17, 15) is 0 Å². The minimum atomic E-state index is 0.0459. The molecule has 1 N–H and O–H groups in total. The van der Waals surface area contributed by atoms with Crippen molar-refractivity contribution in [2.75, 3.05) is 5.32 Å². The van der Waals surface area contributed by atoms with E-state index in [4.69, 9.17) is 23.2 Å². The monoisotopic (exact) mass is 332 g/mol. The predicted molar refractivity (Wildman–Crippen MR) is 72.0 cm³/mol. The van der Waals surface area contributed by atoms with Gasteiger partial charge in [0.15, 0.2) is 11.0 Å². The van der Waals surface area contributed by atoms with E-state index in [1.165, 1.54) is 0 Å². The quantitative estimate of drug-likeness (QED) is 0.902. The molecule has 0 radical (unpaired) electrons. The zero-order valence-corrected chi connectivity index (χ0v) is 11.8. The van der Waals surface area contributed by atoms with Gasteiger partial charge in [-0.05, 0) is 36.2 Å². The Morgan fingerprint density at radius 3 is 2.76 bits per heavy atom. The number of anilines is 2. The molecule has 0 saturated carbocycles. The van der Waals surface area contributed by atoms with Gasteiger partial charge in [-0.25, -0.2) is 0 Å². The first-order valence-electron chi connectivity index (χ1n) is 4.66. The van der Waals surface area contributed by atoms with Crippen molar-refractivity contribution in [2.24, 2.45) is 0 Å². The first-order valence-corrected chi connectivity index (χ1v) is 6.20. The first kappa shape index (κ1) is 12.5. The summed E-state index contributed by atoms with van der Waals surface area (Å²) in [6.45, 7) is 1.97. The van der Waals surface area contributed by atoms with Crippen LogP contribution in [0.1, 0.15) is 5.56 Å². The highest BCUT2D eigenvalue weighted by atomic mass is 79.9. The SMILES string of the molecule is Cc1c(Br)cccc1Nc1nc(Cl)nnc1Cl. The molecule has 0 atom stereocenters. The fourth-order valence-corrected chi connectivity index (χ4v) is 1.86. The van der Waals surface area contributed by atoms with Gasteiger partial charge in [-0.15, -0.1) is 10.2 Å². The third kappa shape index (κ3) is 2.86. The van der Waals surface area contributed by atoms with E-state index in [1.807, 2.05) is 25.1 Å². The lowest BCUT2D eigenvalue weighted by atomic mass is 10.2. The summed E-state index contributed by atoms with van der Waals surface area (Å²) in [5.74, 6) is 0.382. The van der Waals surface area contributed by atoms with Gasteiger partial charge < -0.3 is 5.32 Å². The smallest absolute Gasteiger partial charge is 0.245 e. The maximum absolute atomic E-state index is 5.87. The van der Waals surface area contributed by atoms with Crippen molar-refractivity contribution in [3.8, 4) is 0 Å². The van der Waals surface area contributed by atoms with E-state index in [-0.39, 0.29) is 10.4 Å². The maximum Gasteiger partial charge on any atom is 0.245 e. The molecule has 0 saturated heterocycles. The van der Waals surface area contributed by atoms with Gasteiger partial charge in [0.05, 0.1) is 0 Å². The fourth-order valence-electron chi connectivity index (χ4n) is 1.24. The zero-order chi connectivity index (χ0) is 12.4. The molecular formula is C10H7BrCl2N4. The van der Waals surface area contributed by atoms with Crippen LogP contribution >= 0.6 is 39.1 Å². The first-order chi connectivity index (χ1) is 8.08. The van der Waals surface area contributed by atoms with Crippen LogP contribution in [-0.4, -0.2) is 15.2 Å². The van der Waals surface area contributed by atoms with E-state index < -0.39 is 0 Å². The molecule has 2 rings (SSSR count). The molecule has 7 heteroatoms. The minimum absolute atomic E-state index is 0.0459. The lowest BCUT2D eigenvalue weighted by molar-refractivity contribution is 0.974. The minimum Gasteiger partial charge on any atom is -0.337 e.